The number of hydrogen-bond acceptors (Lipinski definition) is 6. The van der Waals surface area contributed by atoms with E-state index in [0.29, 0.717) is 22.3 Å². The minimum Gasteiger partial charge on any atom is -0.496 e. The molecule has 0 unspecified atom stereocenters. The highest BCUT2D eigenvalue weighted by Crippen LogP contribution is 2.32. The molecule has 2 aromatic carbocycles. The standard InChI is InChI=1S/C17H12BrNO6/c1-23-12-3-5-15(14(8-12)19(21)22)24-9-10-6-17(20)25-16-7-11(18)2-4-13(10)16/h2-8H,9H2,1H3. The van der Waals surface area contributed by atoms with Crippen LogP contribution in [0.15, 0.2) is 56.1 Å². The van der Waals surface area contributed by atoms with Crippen molar-refractivity contribution in [3.05, 3.63) is 73.0 Å². The first-order valence-electron chi connectivity index (χ1n) is 7.15. The van der Waals surface area contributed by atoms with E-state index in [0.717, 1.165) is 4.47 Å². The van der Waals surface area contributed by atoms with E-state index < -0.39 is 10.5 Å². The maximum atomic E-state index is 11.7. The van der Waals surface area contributed by atoms with Crippen LogP contribution in [-0.2, 0) is 6.61 Å². The summed E-state index contributed by atoms with van der Waals surface area (Å²) < 4.78 is 16.5. The lowest BCUT2D eigenvalue weighted by molar-refractivity contribution is -0.386. The zero-order chi connectivity index (χ0) is 18.0. The molecule has 128 valence electrons. The number of nitrogens with zero attached hydrogens (tertiary/aromatic N) is 1. The monoisotopic (exact) mass is 405 g/mol. The van der Waals surface area contributed by atoms with Gasteiger partial charge in [-0.3, -0.25) is 10.1 Å². The quantitative estimate of drug-likeness (QED) is 0.361. The molecule has 0 saturated carbocycles. The van der Waals surface area contributed by atoms with Crippen molar-refractivity contribution < 1.29 is 18.8 Å². The Labute approximate surface area is 150 Å². The van der Waals surface area contributed by atoms with Crippen molar-refractivity contribution in [1.29, 1.82) is 0 Å². The van der Waals surface area contributed by atoms with E-state index in [9.17, 15) is 14.9 Å². The molecule has 1 aromatic heterocycles. The van der Waals surface area contributed by atoms with Crippen molar-refractivity contribution in [3.8, 4) is 11.5 Å². The molecule has 0 atom stereocenters. The number of nitro benzene ring substituents is 1. The highest BCUT2D eigenvalue weighted by atomic mass is 79.9. The van der Waals surface area contributed by atoms with Crippen LogP contribution in [0.3, 0.4) is 0 Å². The van der Waals surface area contributed by atoms with Crippen molar-refractivity contribution >= 4 is 32.6 Å². The summed E-state index contributed by atoms with van der Waals surface area (Å²) in [6, 6.07) is 10.9. The van der Waals surface area contributed by atoms with Crippen molar-refractivity contribution in [2.75, 3.05) is 7.11 Å². The molecule has 0 amide bonds. The summed E-state index contributed by atoms with van der Waals surface area (Å²) in [6.07, 6.45) is 0. The van der Waals surface area contributed by atoms with Crippen molar-refractivity contribution in [2.24, 2.45) is 0 Å². The lowest BCUT2D eigenvalue weighted by Crippen LogP contribution is -2.05. The minimum atomic E-state index is -0.549. The van der Waals surface area contributed by atoms with Gasteiger partial charge >= 0.3 is 11.3 Å². The molecule has 0 aliphatic carbocycles. The maximum absolute atomic E-state index is 11.7. The predicted octanol–water partition coefficient (Wildman–Crippen LogP) is 4.05. The van der Waals surface area contributed by atoms with Gasteiger partial charge in [0.05, 0.1) is 18.1 Å². The zero-order valence-electron chi connectivity index (χ0n) is 13.0. The summed E-state index contributed by atoms with van der Waals surface area (Å²) >= 11 is 3.32. The maximum Gasteiger partial charge on any atom is 0.336 e. The molecule has 0 aliphatic rings. The van der Waals surface area contributed by atoms with E-state index in [-0.39, 0.29) is 18.0 Å². The van der Waals surface area contributed by atoms with Gasteiger partial charge in [0, 0.05) is 21.5 Å². The van der Waals surface area contributed by atoms with Gasteiger partial charge in [-0.25, -0.2) is 4.79 Å². The minimum absolute atomic E-state index is 0.0170. The molecule has 0 spiro atoms. The number of hydrogen-bond donors (Lipinski definition) is 0. The summed E-state index contributed by atoms with van der Waals surface area (Å²) in [4.78, 5) is 22.4. The van der Waals surface area contributed by atoms with Crippen molar-refractivity contribution in [1.82, 2.24) is 0 Å². The summed E-state index contributed by atoms with van der Waals surface area (Å²) in [6.45, 7) is -0.0170. The Kier molecular flexibility index (Phi) is 4.71. The van der Waals surface area contributed by atoms with Crippen molar-refractivity contribution in [3.63, 3.8) is 0 Å². The Morgan fingerprint density at radius 1 is 1.20 bits per heavy atom. The normalized spacial score (nSPS) is 10.6. The zero-order valence-corrected chi connectivity index (χ0v) is 14.6. The Hall–Kier alpha value is -2.87. The van der Waals surface area contributed by atoms with Gasteiger partial charge in [0.1, 0.15) is 17.9 Å². The van der Waals surface area contributed by atoms with E-state index in [1.54, 1.807) is 18.2 Å². The van der Waals surface area contributed by atoms with Gasteiger partial charge in [0.25, 0.3) is 0 Å². The fraction of sp³-hybridized carbons (Fsp3) is 0.118. The molecule has 1 heterocycles. The van der Waals surface area contributed by atoms with E-state index in [4.69, 9.17) is 13.9 Å². The fourth-order valence-electron chi connectivity index (χ4n) is 2.37. The molecule has 0 N–H and O–H groups in total. The second-order valence-corrected chi connectivity index (χ2v) is 6.03. The Balaban J connectivity index is 1.96. The molecule has 0 bridgehead atoms. The Morgan fingerprint density at radius 3 is 2.72 bits per heavy atom. The number of ether oxygens (including phenoxy) is 2. The largest absolute Gasteiger partial charge is 0.496 e. The Morgan fingerprint density at radius 2 is 2.00 bits per heavy atom. The smallest absolute Gasteiger partial charge is 0.336 e. The van der Waals surface area contributed by atoms with Gasteiger partial charge in [-0.1, -0.05) is 15.9 Å². The van der Waals surface area contributed by atoms with E-state index in [2.05, 4.69) is 15.9 Å². The van der Waals surface area contributed by atoms with Crippen molar-refractivity contribution in [2.45, 2.75) is 6.61 Å². The van der Waals surface area contributed by atoms with Crippen LogP contribution in [0, 0.1) is 10.1 Å². The van der Waals surface area contributed by atoms with E-state index in [1.807, 2.05) is 6.07 Å². The molecule has 25 heavy (non-hydrogen) atoms. The fourth-order valence-corrected chi connectivity index (χ4v) is 2.71. The third-order valence-electron chi connectivity index (χ3n) is 3.54. The number of benzene rings is 2. The Bertz CT molecular complexity index is 1010. The summed E-state index contributed by atoms with van der Waals surface area (Å²) in [5.74, 6) is 0.444. The summed E-state index contributed by atoms with van der Waals surface area (Å²) in [5, 5.41) is 11.9. The number of halogens is 1. The molecule has 7 nitrogen and oxygen atoms in total. The molecule has 8 heteroatoms. The average Bonchev–Trinajstić information content (AvgIpc) is 2.58. The number of nitro groups is 1. The molecule has 3 rings (SSSR count). The van der Waals surface area contributed by atoms with Crippen LogP contribution in [0.2, 0.25) is 0 Å². The highest BCUT2D eigenvalue weighted by Gasteiger charge is 2.17. The lowest BCUT2D eigenvalue weighted by Gasteiger charge is -2.09. The molecular weight excluding hydrogens is 394 g/mol. The number of rotatable bonds is 5. The second-order valence-electron chi connectivity index (χ2n) is 5.11. The predicted molar refractivity (Wildman–Crippen MR) is 94.2 cm³/mol. The highest BCUT2D eigenvalue weighted by molar-refractivity contribution is 9.10. The van der Waals surface area contributed by atoms with E-state index >= 15 is 0 Å². The topological polar surface area (TPSA) is 91.8 Å². The van der Waals surface area contributed by atoms with Gasteiger partial charge in [0.15, 0.2) is 5.75 Å². The molecule has 0 saturated heterocycles. The van der Waals surface area contributed by atoms with Crippen LogP contribution in [-0.4, -0.2) is 12.0 Å². The van der Waals surface area contributed by atoms with E-state index in [1.165, 1.54) is 25.3 Å². The molecular formula is C17H12BrNO6. The summed E-state index contributed by atoms with van der Waals surface area (Å²) in [5.41, 5.74) is 0.247. The van der Waals surface area contributed by atoms with Crippen LogP contribution >= 0.6 is 15.9 Å². The van der Waals surface area contributed by atoms with Crippen LogP contribution in [0.5, 0.6) is 11.5 Å². The molecule has 0 fully saturated rings. The van der Waals surface area contributed by atoms with Gasteiger partial charge < -0.3 is 13.9 Å². The molecule has 0 aliphatic heterocycles. The first-order chi connectivity index (χ1) is 12.0. The van der Waals surface area contributed by atoms with Gasteiger partial charge in [-0.05, 0) is 30.3 Å². The van der Waals surface area contributed by atoms with Crippen LogP contribution in [0.4, 0.5) is 5.69 Å². The van der Waals surface area contributed by atoms with Gasteiger partial charge in [-0.15, -0.1) is 0 Å². The molecule has 0 radical (unpaired) electrons. The van der Waals surface area contributed by atoms with Crippen LogP contribution in [0.25, 0.3) is 11.0 Å². The number of fused-ring (bicyclic) bond motifs is 1. The average molecular weight is 406 g/mol. The third-order valence-corrected chi connectivity index (χ3v) is 4.03. The van der Waals surface area contributed by atoms with Crippen LogP contribution < -0.4 is 15.1 Å². The first kappa shape index (κ1) is 17.0. The third kappa shape index (κ3) is 3.63. The van der Waals surface area contributed by atoms with Gasteiger partial charge in [0.2, 0.25) is 0 Å². The lowest BCUT2D eigenvalue weighted by atomic mass is 10.1. The SMILES string of the molecule is COc1ccc(OCc2cc(=O)oc3cc(Br)ccc23)c([N+](=O)[O-])c1. The first-order valence-corrected chi connectivity index (χ1v) is 7.95. The second kappa shape index (κ2) is 6.94. The summed E-state index contributed by atoms with van der Waals surface area (Å²) in [7, 11) is 1.42. The van der Waals surface area contributed by atoms with Gasteiger partial charge in [-0.2, -0.15) is 0 Å². The number of methoxy groups -OCH3 is 1. The molecule has 3 aromatic rings. The van der Waals surface area contributed by atoms with Crippen LogP contribution in [0.1, 0.15) is 5.56 Å².